The van der Waals surface area contributed by atoms with Crippen LogP contribution in [0.25, 0.3) is 27.8 Å². The predicted octanol–water partition coefficient (Wildman–Crippen LogP) is 5.90. The van der Waals surface area contributed by atoms with E-state index >= 15 is 0 Å². The van der Waals surface area contributed by atoms with Crippen molar-refractivity contribution in [2.24, 2.45) is 5.92 Å². The average Bonchev–Trinajstić information content (AvgIpc) is 3.49. The van der Waals surface area contributed by atoms with Gasteiger partial charge in [0.2, 0.25) is 0 Å². The van der Waals surface area contributed by atoms with Crippen LogP contribution in [0.4, 0.5) is 5.82 Å². The molecule has 1 fully saturated rings. The summed E-state index contributed by atoms with van der Waals surface area (Å²) in [6.45, 7) is 1.95. The molecular formula is C28H27ClN6O. The quantitative estimate of drug-likeness (QED) is 0.314. The summed E-state index contributed by atoms with van der Waals surface area (Å²) >= 11 is 6.41. The number of nitrogens with two attached hydrogens (primary N) is 1. The van der Waals surface area contributed by atoms with E-state index in [1.165, 1.54) is 0 Å². The molecule has 1 saturated carbocycles. The molecule has 0 radical (unpaired) electrons. The van der Waals surface area contributed by atoms with Crippen molar-refractivity contribution < 1.29 is 4.79 Å². The van der Waals surface area contributed by atoms with Crippen LogP contribution in [0.1, 0.15) is 48.7 Å². The van der Waals surface area contributed by atoms with Crippen LogP contribution < -0.4 is 5.73 Å². The number of nitrogens with zero attached hydrogens (tertiary/aromatic N) is 4. The van der Waals surface area contributed by atoms with Crippen LogP contribution in [0.3, 0.4) is 0 Å². The molecule has 182 valence electrons. The van der Waals surface area contributed by atoms with Gasteiger partial charge in [0.1, 0.15) is 28.6 Å². The van der Waals surface area contributed by atoms with Crippen molar-refractivity contribution in [3.05, 3.63) is 77.1 Å². The number of hydrogen-bond acceptors (Lipinski definition) is 5. The number of nitrogens with one attached hydrogen (secondary N) is 1. The van der Waals surface area contributed by atoms with E-state index in [-0.39, 0.29) is 11.8 Å². The third-order valence-corrected chi connectivity index (χ3v) is 7.68. The Balaban J connectivity index is 1.27. The first-order chi connectivity index (χ1) is 17.5. The number of fused-ring (bicyclic) bond motifs is 2. The minimum Gasteiger partial charge on any atom is -0.382 e. The number of imidazole rings is 1. The molecule has 0 spiro atoms. The fourth-order valence-electron chi connectivity index (χ4n) is 5.43. The number of aryl methyl sites for hydroxylation is 1. The molecule has 5 aromatic rings. The molecule has 6 rings (SSSR count). The Labute approximate surface area is 213 Å². The van der Waals surface area contributed by atoms with Crippen molar-refractivity contribution in [1.82, 2.24) is 24.3 Å². The molecule has 1 aliphatic carbocycles. The van der Waals surface area contributed by atoms with Gasteiger partial charge in [-0.1, -0.05) is 29.8 Å². The summed E-state index contributed by atoms with van der Waals surface area (Å²) in [7, 11) is 0. The smallest absolute Gasteiger partial charge is 0.150 e. The fourth-order valence-corrected chi connectivity index (χ4v) is 5.66. The highest BCUT2D eigenvalue weighted by Gasteiger charge is 2.30. The van der Waals surface area contributed by atoms with E-state index in [1.807, 2.05) is 49.6 Å². The number of anilines is 1. The second-order valence-electron chi connectivity index (χ2n) is 9.74. The van der Waals surface area contributed by atoms with E-state index in [2.05, 4.69) is 25.4 Å². The Kier molecular flexibility index (Phi) is 5.72. The molecule has 4 aromatic heterocycles. The number of carbonyl (C=O) groups excluding carboxylic acids is 1. The standard InChI is InChI=1S/C28H27ClN6O/c1-16-5-6-17(15-32-16)13-23(36)18-7-9-19(10-8-18)28-34-25(26-27(30)31-11-12-35(26)28)22-14-20-3-2-4-21(29)24(20)33-22/h2-6,11-12,14-15,18-19,33H,7-10,13H2,1H3,(H2,30,31). The van der Waals surface area contributed by atoms with Crippen LogP contribution in [0, 0.1) is 12.8 Å². The number of para-hydroxylation sites is 1. The molecule has 0 aliphatic heterocycles. The molecular weight excluding hydrogens is 472 g/mol. The van der Waals surface area contributed by atoms with Gasteiger partial charge in [-0.2, -0.15) is 0 Å². The number of halogens is 1. The Bertz CT molecular complexity index is 1580. The summed E-state index contributed by atoms with van der Waals surface area (Å²) in [5, 5.41) is 1.68. The lowest BCUT2D eigenvalue weighted by atomic mass is 9.78. The second kappa shape index (κ2) is 9.06. The third kappa shape index (κ3) is 4.03. The van der Waals surface area contributed by atoms with Gasteiger partial charge in [-0.15, -0.1) is 0 Å². The van der Waals surface area contributed by atoms with Gasteiger partial charge in [-0.05, 0) is 56.4 Å². The number of H-pyrrole nitrogens is 1. The summed E-state index contributed by atoms with van der Waals surface area (Å²) in [4.78, 5) is 30.1. The average molecular weight is 499 g/mol. The molecule has 0 bridgehead atoms. The van der Waals surface area contributed by atoms with Crippen LogP contribution in [0.5, 0.6) is 0 Å². The number of ketones is 1. The minimum absolute atomic E-state index is 0.0795. The molecule has 8 heteroatoms. The maximum absolute atomic E-state index is 13.0. The van der Waals surface area contributed by atoms with Crippen molar-refractivity contribution in [2.45, 2.75) is 44.9 Å². The van der Waals surface area contributed by atoms with Crippen molar-refractivity contribution >= 4 is 39.6 Å². The number of aromatic amines is 1. The molecule has 0 amide bonds. The van der Waals surface area contributed by atoms with E-state index in [4.69, 9.17) is 22.3 Å². The Morgan fingerprint density at radius 3 is 2.75 bits per heavy atom. The van der Waals surface area contributed by atoms with Crippen LogP contribution in [0.2, 0.25) is 5.02 Å². The summed E-state index contributed by atoms with van der Waals surface area (Å²) in [6, 6.07) is 11.8. The lowest BCUT2D eigenvalue weighted by molar-refractivity contribution is -0.123. The number of hydrogen-bond donors (Lipinski definition) is 2. The minimum atomic E-state index is 0.0795. The highest BCUT2D eigenvalue weighted by atomic mass is 35.5. The van der Waals surface area contributed by atoms with Crippen molar-refractivity contribution in [2.75, 3.05) is 5.73 Å². The zero-order chi connectivity index (χ0) is 24.8. The van der Waals surface area contributed by atoms with Crippen molar-refractivity contribution in [3.63, 3.8) is 0 Å². The largest absolute Gasteiger partial charge is 0.382 e. The van der Waals surface area contributed by atoms with Gasteiger partial charge in [0.05, 0.1) is 16.2 Å². The van der Waals surface area contributed by atoms with Crippen molar-refractivity contribution in [1.29, 1.82) is 0 Å². The lowest BCUT2D eigenvalue weighted by Gasteiger charge is -2.27. The van der Waals surface area contributed by atoms with E-state index in [1.54, 1.807) is 6.20 Å². The number of aromatic nitrogens is 5. The van der Waals surface area contributed by atoms with Crippen LogP contribution in [-0.2, 0) is 11.2 Å². The highest BCUT2D eigenvalue weighted by molar-refractivity contribution is 6.35. The second-order valence-corrected chi connectivity index (χ2v) is 10.1. The number of Topliss-reactive ketones (excluding diaryl/α,β-unsaturated/α-hetero) is 1. The molecule has 1 aromatic carbocycles. The summed E-state index contributed by atoms with van der Waals surface area (Å²) < 4.78 is 2.07. The van der Waals surface area contributed by atoms with Crippen LogP contribution in [-0.4, -0.2) is 30.1 Å². The van der Waals surface area contributed by atoms with Gasteiger partial charge in [0.25, 0.3) is 0 Å². The van der Waals surface area contributed by atoms with Crippen molar-refractivity contribution in [3.8, 4) is 11.4 Å². The van der Waals surface area contributed by atoms with Gasteiger partial charge in [0.15, 0.2) is 0 Å². The van der Waals surface area contributed by atoms with Crippen LogP contribution in [0.15, 0.2) is 55.0 Å². The summed E-state index contributed by atoms with van der Waals surface area (Å²) in [5.41, 5.74) is 11.6. The molecule has 0 atom stereocenters. The number of carbonyl (C=O) groups is 1. The molecule has 7 nitrogen and oxygen atoms in total. The number of rotatable bonds is 5. The maximum atomic E-state index is 13.0. The summed E-state index contributed by atoms with van der Waals surface area (Å²) in [5.74, 6) is 2.03. The topological polar surface area (TPSA) is 102 Å². The molecule has 1 aliphatic rings. The molecule has 0 unspecified atom stereocenters. The van der Waals surface area contributed by atoms with E-state index in [0.717, 1.165) is 70.6 Å². The van der Waals surface area contributed by atoms with Gasteiger partial charge < -0.3 is 10.7 Å². The Morgan fingerprint density at radius 2 is 2.00 bits per heavy atom. The predicted molar refractivity (Wildman–Crippen MR) is 142 cm³/mol. The molecule has 0 saturated heterocycles. The molecule has 4 heterocycles. The van der Waals surface area contributed by atoms with E-state index < -0.39 is 0 Å². The lowest BCUT2D eigenvalue weighted by Crippen LogP contribution is -2.23. The van der Waals surface area contributed by atoms with Gasteiger partial charge in [-0.3, -0.25) is 14.2 Å². The normalized spacial score (nSPS) is 18.2. The zero-order valence-electron chi connectivity index (χ0n) is 20.0. The fraction of sp³-hybridized carbons (Fsp3) is 0.286. The third-order valence-electron chi connectivity index (χ3n) is 7.37. The number of pyridine rings is 1. The number of benzene rings is 1. The first kappa shape index (κ1) is 22.7. The maximum Gasteiger partial charge on any atom is 0.150 e. The monoisotopic (exact) mass is 498 g/mol. The van der Waals surface area contributed by atoms with E-state index in [0.29, 0.717) is 23.0 Å². The Morgan fingerprint density at radius 1 is 1.17 bits per heavy atom. The van der Waals surface area contributed by atoms with Crippen LogP contribution >= 0.6 is 11.6 Å². The summed E-state index contributed by atoms with van der Waals surface area (Å²) in [6.07, 6.45) is 9.42. The number of nitrogen functional groups attached to an aromatic ring is 1. The van der Waals surface area contributed by atoms with Gasteiger partial charge in [0, 0.05) is 47.9 Å². The highest BCUT2D eigenvalue weighted by Crippen LogP contribution is 2.39. The first-order valence-electron chi connectivity index (χ1n) is 12.3. The first-order valence-corrected chi connectivity index (χ1v) is 12.7. The zero-order valence-corrected chi connectivity index (χ0v) is 20.8. The Hall–Kier alpha value is -3.71. The SMILES string of the molecule is Cc1ccc(CC(=O)C2CCC(c3nc(-c4cc5cccc(Cl)c5[nH]4)c4c(N)nccn34)CC2)cn1. The van der Waals surface area contributed by atoms with Gasteiger partial charge >= 0.3 is 0 Å². The van der Waals surface area contributed by atoms with E-state index in [9.17, 15) is 4.79 Å². The molecule has 36 heavy (non-hydrogen) atoms. The molecule has 3 N–H and O–H groups in total. The van der Waals surface area contributed by atoms with Gasteiger partial charge in [-0.25, -0.2) is 9.97 Å².